The van der Waals surface area contributed by atoms with Crippen molar-refractivity contribution >= 4 is 27.4 Å². The lowest BCUT2D eigenvalue weighted by Crippen LogP contribution is -2.06. The Morgan fingerprint density at radius 2 is 1.68 bits per heavy atom. The number of oxime groups is 1. The number of rotatable bonds is 5. The van der Waals surface area contributed by atoms with Gasteiger partial charge in [0, 0.05) is 5.02 Å². The molecule has 0 saturated carbocycles. The molecule has 0 saturated heterocycles. The summed E-state index contributed by atoms with van der Waals surface area (Å²) in [6.07, 6.45) is 0.533. The number of nitrogens with zero attached hydrogens (tertiary/aromatic N) is 1. The highest BCUT2D eigenvalue weighted by molar-refractivity contribution is 7.86. The summed E-state index contributed by atoms with van der Waals surface area (Å²) in [6, 6.07) is 13.4. The molecule has 0 heterocycles. The standard InChI is InChI=1S/C16H16ClNO3S/c1-3-16(13-6-8-14(17)9-7-13)18-21-22(19,20)15-10-4-12(2)5-11-15/h4-11H,3H2,1-2H3. The van der Waals surface area contributed by atoms with E-state index >= 15 is 0 Å². The van der Waals surface area contributed by atoms with Crippen LogP contribution in [-0.2, 0) is 14.4 Å². The van der Waals surface area contributed by atoms with Gasteiger partial charge in [-0.3, -0.25) is 4.28 Å². The van der Waals surface area contributed by atoms with E-state index in [4.69, 9.17) is 15.9 Å². The predicted molar refractivity (Wildman–Crippen MR) is 87.7 cm³/mol. The van der Waals surface area contributed by atoms with E-state index in [0.717, 1.165) is 11.1 Å². The van der Waals surface area contributed by atoms with Crippen molar-refractivity contribution in [1.82, 2.24) is 0 Å². The summed E-state index contributed by atoms with van der Waals surface area (Å²) in [4.78, 5) is 0.0772. The monoisotopic (exact) mass is 337 g/mol. The van der Waals surface area contributed by atoms with E-state index in [1.54, 1.807) is 36.4 Å². The number of aryl methyl sites for hydroxylation is 1. The first-order valence-corrected chi connectivity index (χ1v) is 8.54. The summed E-state index contributed by atoms with van der Waals surface area (Å²) < 4.78 is 29.0. The van der Waals surface area contributed by atoms with Crippen molar-refractivity contribution in [2.75, 3.05) is 0 Å². The third kappa shape index (κ3) is 4.08. The molecule has 0 atom stereocenters. The highest BCUT2D eigenvalue weighted by atomic mass is 35.5. The second-order valence-electron chi connectivity index (χ2n) is 4.74. The van der Waals surface area contributed by atoms with Gasteiger partial charge in [-0.1, -0.05) is 53.5 Å². The van der Waals surface area contributed by atoms with Crippen molar-refractivity contribution in [3.63, 3.8) is 0 Å². The van der Waals surface area contributed by atoms with Gasteiger partial charge in [0.25, 0.3) is 0 Å². The Hall–Kier alpha value is -1.85. The molecule has 0 aliphatic heterocycles. The van der Waals surface area contributed by atoms with Crippen LogP contribution in [-0.4, -0.2) is 14.1 Å². The van der Waals surface area contributed by atoms with Gasteiger partial charge in [-0.25, -0.2) is 0 Å². The van der Waals surface area contributed by atoms with Gasteiger partial charge < -0.3 is 0 Å². The molecule has 0 bridgehead atoms. The molecule has 116 valence electrons. The normalized spacial score (nSPS) is 12.2. The topological polar surface area (TPSA) is 55.7 Å². The van der Waals surface area contributed by atoms with Crippen LogP contribution in [0.1, 0.15) is 24.5 Å². The van der Waals surface area contributed by atoms with E-state index in [9.17, 15) is 8.42 Å². The Balaban J connectivity index is 2.24. The summed E-state index contributed by atoms with van der Waals surface area (Å²) in [7, 11) is -3.91. The van der Waals surface area contributed by atoms with Crippen LogP contribution in [0.25, 0.3) is 0 Å². The summed E-state index contributed by atoms with van der Waals surface area (Å²) in [5, 5.41) is 4.40. The van der Waals surface area contributed by atoms with E-state index in [1.807, 2.05) is 13.8 Å². The van der Waals surface area contributed by atoms with Gasteiger partial charge in [0.05, 0.1) is 5.71 Å². The molecular formula is C16H16ClNO3S. The molecule has 0 N–H and O–H groups in total. The summed E-state index contributed by atoms with van der Waals surface area (Å²) >= 11 is 5.83. The maximum Gasteiger partial charge on any atom is 0.358 e. The Kier molecular flexibility index (Phi) is 5.21. The maximum absolute atomic E-state index is 12.1. The number of halogens is 1. The zero-order chi connectivity index (χ0) is 16.2. The van der Waals surface area contributed by atoms with Gasteiger partial charge >= 0.3 is 10.1 Å². The van der Waals surface area contributed by atoms with E-state index in [-0.39, 0.29) is 4.90 Å². The largest absolute Gasteiger partial charge is 0.358 e. The fourth-order valence-corrected chi connectivity index (χ4v) is 2.68. The van der Waals surface area contributed by atoms with Crippen LogP contribution < -0.4 is 0 Å². The Morgan fingerprint density at radius 3 is 2.23 bits per heavy atom. The lowest BCUT2D eigenvalue weighted by atomic mass is 10.1. The second-order valence-corrected chi connectivity index (χ2v) is 6.71. The molecule has 0 unspecified atom stereocenters. The quantitative estimate of drug-likeness (QED) is 0.607. The molecule has 22 heavy (non-hydrogen) atoms. The van der Waals surface area contributed by atoms with E-state index in [0.29, 0.717) is 17.2 Å². The fraction of sp³-hybridized carbons (Fsp3) is 0.188. The van der Waals surface area contributed by atoms with Crippen molar-refractivity contribution in [3.05, 3.63) is 64.7 Å². The van der Waals surface area contributed by atoms with Crippen molar-refractivity contribution in [2.45, 2.75) is 25.2 Å². The van der Waals surface area contributed by atoms with Crippen LogP contribution in [0.3, 0.4) is 0 Å². The minimum Gasteiger partial charge on any atom is -0.264 e. The van der Waals surface area contributed by atoms with Crippen LogP contribution in [0.15, 0.2) is 58.6 Å². The van der Waals surface area contributed by atoms with E-state index < -0.39 is 10.1 Å². The molecule has 0 spiro atoms. The molecular weight excluding hydrogens is 322 g/mol. The zero-order valence-corrected chi connectivity index (χ0v) is 13.9. The zero-order valence-electron chi connectivity index (χ0n) is 12.3. The highest BCUT2D eigenvalue weighted by Gasteiger charge is 2.16. The Bertz CT molecular complexity index is 766. The van der Waals surface area contributed by atoms with Gasteiger partial charge in [-0.15, -0.1) is 0 Å². The minimum atomic E-state index is -3.91. The average Bonchev–Trinajstić information content (AvgIpc) is 2.50. The molecule has 2 aromatic rings. The Labute approximate surface area is 135 Å². The molecule has 2 rings (SSSR count). The van der Waals surface area contributed by atoms with Gasteiger partial charge in [-0.2, -0.15) is 8.42 Å². The maximum atomic E-state index is 12.1. The first-order chi connectivity index (χ1) is 10.4. The van der Waals surface area contributed by atoms with E-state index in [1.165, 1.54) is 12.1 Å². The SMILES string of the molecule is CCC(=NOS(=O)(=O)c1ccc(C)cc1)c1ccc(Cl)cc1. The van der Waals surface area contributed by atoms with Crippen molar-refractivity contribution < 1.29 is 12.7 Å². The highest BCUT2D eigenvalue weighted by Crippen LogP contribution is 2.16. The molecule has 0 aliphatic carbocycles. The number of benzene rings is 2. The van der Waals surface area contributed by atoms with Crippen LogP contribution in [0.5, 0.6) is 0 Å². The van der Waals surface area contributed by atoms with Gasteiger partial charge in [0.1, 0.15) is 4.90 Å². The first kappa shape index (κ1) is 16.5. The van der Waals surface area contributed by atoms with Gasteiger partial charge in [0.15, 0.2) is 0 Å². The van der Waals surface area contributed by atoms with Crippen molar-refractivity contribution in [3.8, 4) is 0 Å². The smallest absolute Gasteiger partial charge is 0.264 e. The molecule has 4 nitrogen and oxygen atoms in total. The van der Waals surface area contributed by atoms with Crippen LogP contribution in [0, 0.1) is 6.92 Å². The number of hydrogen-bond acceptors (Lipinski definition) is 4. The lowest BCUT2D eigenvalue weighted by Gasteiger charge is -2.06. The van der Waals surface area contributed by atoms with Gasteiger partial charge in [-0.05, 0) is 43.2 Å². The molecule has 2 aromatic carbocycles. The van der Waals surface area contributed by atoms with Crippen LogP contribution >= 0.6 is 11.6 Å². The second kappa shape index (κ2) is 6.94. The van der Waals surface area contributed by atoms with Gasteiger partial charge in [0.2, 0.25) is 0 Å². The van der Waals surface area contributed by atoms with Crippen LogP contribution in [0.4, 0.5) is 0 Å². The molecule has 0 fully saturated rings. The lowest BCUT2D eigenvalue weighted by molar-refractivity contribution is 0.338. The molecule has 6 heteroatoms. The fourth-order valence-electron chi connectivity index (χ4n) is 1.81. The molecule has 0 amide bonds. The first-order valence-electron chi connectivity index (χ1n) is 6.75. The summed E-state index contributed by atoms with van der Waals surface area (Å²) in [5.41, 5.74) is 2.27. The summed E-state index contributed by atoms with van der Waals surface area (Å²) in [6.45, 7) is 3.75. The van der Waals surface area contributed by atoms with E-state index in [2.05, 4.69) is 5.16 Å². The molecule has 0 aliphatic rings. The number of hydrogen-bond donors (Lipinski definition) is 0. The van der Waals surface area contributed by atoms with Crippen molar-refractivity contribution in [1.29, 1.82) is 0 Å². The molecule has 0 aromatic heterocycles. The Morgan fingerprint density at radius 1 is 1.09 bits per heavy atom. The summed E-state index contributed by atoms with van der Waals surface area (Å²) in [5.74, 6) is 0. The third-order valence-electron chi connectivity index (χ3n) is 3.07. The van der Waals surface area contributed by atoms with Crippen molar-refractivity contribution in [2.24, 2.45) is 5.16 Å². The molecule has 0 radical (unpaired) electrons. The minimum absolute atomic E-state index is 0.0772. The van der Waals surface area contributed by atoms with Crippen LogP contribution in [0.2, 0.25) is 5.02 Å². The predicted octanol–water partition coefficient (Wildman–Crippen LogP) is 4.17. The average molecular weight is 338 g/mol. The third-order valence-corrected chi connectivity index (χ3v) is 4.44.